The highest BCUT2D eigenvalue weighted by molar-refractivity contribution is 7.92. The summed E-state index contributed by atoms with van der Waals surface area (Å²) in [6.45, 7) is 3.45. The summed E-state index contributed by atoms with van der Waals surface area (Å²) >= 11 is 0. The van der Waals surface area contributed by atoms with Crippen molar-refractivity contribution in [2.24, 2.45) is 0 Å². The number of benzene rings is 2. The summed E-state index contributed by atoms with van der Waals surface area (Å²) < 4.78 is 78.7. The molecule has 0 amide bonds. The Bertz CT molecular complexity index is 1010. The number of halogens is 2. The average Bonchev–Trinajstić information content (AvgIpc) is 2.56. The minimum atomic E-state index is -4.15. The maximum atomic E-state index is 13.2. The molecule has 0 aliphatic rings. The van der Waals surface area contributed by atoms with Crippen LogP contribution in [0.5, 0.6) is 0 Å². The molecule has 0 saturated heterocycles. The van der Waals surface area contributed by atoms with E-state index in [0.29, 0.717) is 12.1 Å². The van der Waals surface area contributed by atoms with Gasteiger partial charge in [0.1, 0.15) is 0 Å². The van der Waals surface area contributed by atoms with E-state index in [-0.39, 0.29) is 16.6 Å². The summed E-state index contributed by atoms with van der Waals surface area (Å²) in [7, 11) is -6.40. The Hall–Kier alpha value is -2.04. The summed E-state index contributed by atoms with van der Waals surface area (Å²) in [6, 6.07) is 7.03. The van der Waals surface area contributed by atoms with Crippen molar-refractivity contribution < 1.29 is 25.6 Å². The molecule has 0 aliphatic heterocycles. The number of nitrogens with one attached hydrogen (secondary N) is 1. The van der Waals surface area contributed by atoms with Crippen molar-refractivity contribution in [3.8, 4) is 0 Å². The van der Waals surface area contributed by atoms with E-state index in [1.54, 1.807) is 13.8 Å². The molecule has 0 aromatic heterocycles. The van der Waals surface area contributed by atoms with E-state index in [4.69, 9.17) is 0 Å². The number of anilines is 1. The molecule has 0 fully saturated rings. The SMILES string of the molecule is CC(C)N(C)S(=O)(=O)c1ccc(NS(=O)(=O)c2ccc(F)c(F)c2)cc1. The molecule has 1 N–H and O–H groups in total. The van der Waals surface area contributed by atoms with Gasteiger partial charge in [-0.25, -0.2) is 25.6 Å². The molecule has 0 saturated carbocycles. The Morgan fingerprint density at radius 2 is 1.42 bits per heavy atom. The molecule has 10 heteroatoms. The highest BCUT2D eigenvalue weighted by Gasteiger charge is 2.23. The molecule has 142 valence electrons. The molecule has 0 aliphatic carbocycles. The minimum absolute atomic E-state index is 0.00414. The van der Waals surface area contributed by atoms with Gasteiger partial charge in [0, 0.05) is 18.8 Å². The summed E-state index contributed by atoms with van der Waals surface area (Å²) in [5.74, 6) is -2.45. The predicted octanol–water partition coefficient (Wildman–Crippen LogP) is 2.79. The van der Waals surface area contributed by atoms with Gasteiger partial charge in [-0.05, 0) is 56.3 Å². The van der Waals surface area contributed by atoms with Gasteiger partial charge in [-0.15, -0.1) is 0 Å². The van der Waals surface area contributed by atoms with Crippen molar-refractivity contribution in [2.75, 3.05) is 11.8 Å². The van der Waals surface area contributed by atoms with Crippen LogP contribution in [0.2, 0.25) is 0 Å². The van der Waals surface area contributed by atoms with Crippen LogP contribution in [0.3, 0.4) is 0 Å². The van der Waals surface area contributed by atoms with Crippen LogP contribution in [-0.2, 0) is 20.0 Å². The number of hydrogen-bond acceptors (Lipinski definition) is 4. The lowest BCUT2D eigenvalue weighted by atomic mass is 10.3. The van der Waals surface area contributed by atoms with Crippen LogP contribution in [0, 0.1) is 11.6 Å². The van der Waals surface area contributed by atoms with Gasteiger partial charge in [0.15, 0.2) is 11.6 Å². The number of hydrogen-bond donors (Lipinski definition) is 1. The van der Waals surface area contributed by atoms with E-state index in [2.05, 4.69) is 4.72 Å². The Morgan fingerprint density at radius 3 is 1.92 bits per heavy atom. The van der Waals surface area contributed by atoms with Crippen molar-refractivity contribution in [3.05, 3.63) is 54.1 Å². The standard InChI is InChI=1S/C16H18F2N2O4S2/c1-11(2)20(3)26(23,24)13-6-4-12(5-7-13)19-25(21,22)14-8-9-15(17)16(18)10-14/h4-11,19H,1-3H3. The van der Waals surface area contributed by atoms with Gasteiger partial charge in [0.25, 0.3) is 10.0 Å². The Morgan fingerprint density at radius 1 is 0.885 bits per heavy atom. The van der Waals surface area contributed by atoms with Crippen LogP contribution in [0.1, 0.15) is 13.8 Å². The van der Waals surface area contributed by atoms with Crippen molar-refractivity contribution >= 4 is 25.7 Å². The second-order valence-corrected chi connectivity index (χ2v) is 9.50. The predicted molar refractivity (Wildman–Crippen MR) is 93.7 cm³/mol. The first-order valence-corrected chi connectivity index (χ1v) is 10.4. The lowest BCUT2D eigenvalue weighted by Crippen LogP contribution is -2.33. The van der Waals surface area contributed by atoms with Crippen LogP contribution in [-0.4, -0.2) is 34.2 Å². The molecule has 2 aromatic rings. The fourth-order valence-corrected chi connectivity index (χ4v) is 4.43. The molecule has 0 spiro atoms. The maximum Gasteiger partial charge on any atom is 0.261 e. The largest absolute Gasteiger partial charge is 0.280 e. The van der Waals surface area contributed by atoms with Gasteiger partial charge in [-0.2, -0.15) is 4.31 Å². The van der Waals surface area contributed by atoms with Crippen LogP contribution in [0.25, 0.3) is 0 Å². The first kappa shape index (κ1) is 20.3. The highest BCUT2D eigenvalue weighted by Crippen LogP contribution is 2.22. The number of rotatable bonds is 6. The average molecular weight is 404 g/mol. The van der Waals surface area contributed by atoms with Crippen LogP contribution in [0.4, 0.5) is 14.5 Å². The lowest BCUT2D eigenvalue weighted by molar-refractivity contribution is 0.410. The second kappa shape index (κ2) is 7.29. The third kappa shape index (κ3) is 4.19. The summed E-state index contributed by atoms with van der Waals surface area (Å²) in [6.07, 6.45) is 0. The molecule has 2 aromatic carbocycles. The zero-order valence-corrected chi connectivity index (χ0v) is 15.9. The second-order valence-electron chi connectivity index (χ2n) is 5.82. The fraction of sp³-hybridized carbons (Fsp3) is 0.250. The van der Waals surface area contributed by atoms with E-state index in [0.717, 1.165) is 6.07 Å². The van der Waals surface area contributed by atoms with Gasteiger partial charge in [-0.1, -0.05) is 0 Å². The number of nitrogens with zero attached hydrogens (tertiary/aromatic N) is 1. The number of sulfonamides is 2. The molecule has 6 nitrogen and oxygen atoms in total. The normalized spacial score (nSPS) is 12.6. The van der Waals surface area contributed by atoms with Crippen LogP contribution in [0.15, 0.2) is 52.3 Å². The maximum absolute atomic E-state index is 13.2. The summed E-state index contributed by atoms with van der Waals surface area (Å²) in [4.78, 5) is -0.447. The molecule has 0 atom stereocenters. The van der Waals surface area contributed by atoms with E-state index in [1.807, 2.05) is 0 Å². The zero-order chi connectivity index (χ0) is 19.7. The van der Waals surface area contributed by atoms with Gasteiger partial charge >= 0.3 is 0 Å². The Labute approximate surface area is 151 Å². The summed E-state index contributed by atoms with van der Waals surface area (Å²) in [5, 5.41) is 0. The Balaban J connectivity index is 2.27. The molecule has 0 heterocycles. The van der Waals surface area contributed by atoms with E-state index in [1.165, 1.54) is 35.6 Å². The van der Waals surface area contributed by atoms with Crippen molar-refractivity contribution in [1.29, 1.82) is 0 Å². The van der Waals surface area contributed by atoms with Gasteiger partial charge in [0.05, 0.1) is 9.79 Å². The first-order valence-electron chi connectivity index (χ1n) is 7.51. The van der Waals surface area contributed by atoms with Crippen molar-refractivity contribution in [3.63, 3.8) is 0 Å². The van der Waals surface area contributed by atoms with Crippen LogP contribution >= 0.6 is 0 Å². The fourth-order valence-electron chi connectivity index (χ4n) is 2.00. The van der Waals surface area contributed by atoms with E-state index in [9.17, 15) is 25.6 Å². The summed E-state index contributed by atoms with van der Waals surface area (Å²) in [5.41, 5.74) is 0.0842. The molecule has 0 radical (unpaired) electrons. The monoisotopic (exact) mass is 404 g/mol. The highest BCUT2D eigenvalue weighted by atomic mass is 32.2. The van der Waals surface area contributed by atoms with Gasteiger partial charge in [-0.3, -0.25) is 4.72 Å². The molecule has 0 bridgehead atoms. The van der Waals surface area contributed by atoms with E-state index < -0.39 is 36.6 Å². The third-order valence-corrected chi connectivity index (χ3v) is 7.14. The quantitative estimate of drug-likeness (QED) is 0.803. The smallest absolute Gasteiger partial charge is 0.261 e. The van der Waals surface area contributed by atoms with Gasteiger partial charge in [0.2, 0.25) is 10.0 Å². The first-order chi connectivity index (χ1) is 11.9. The van der Waals surface area contributed by atoms with Crippen LogP contribution < -0.4 is 4.72 Å². The molecule has 0 unspecified atom stereocenters. The molecular weight excluding hydrogens is 386 g/mol. The van der Waals surface area contributed by atoms with Gasteiger partial charge < -0.3 is 0 Å². The lowest BCUT2D eigenvalue weighted by Gasteiger charge is -2.21. The van der Waals surface area contributed by atoms with Crippen molar-refractivity contribution in [1.82, 2.24) is 4.31 Å². The molecular formula is C16H18F2N2O4S2. The third-order valence-electron chi connectivity index (χ3n) is 3.71. The Kier molecular flexibility index (Phi) is 5.69. The van der Waals surface area contributed by atoms with Crippen molar-refractivity contribution in [2.45, 2.75) is 29.7 Å². The molecule has 2 rings (SSSR count). The topological polar surface area (TPSA) is 83.6 Å². The molecule has 26 heavy (non-hydrogen) atoms. The minimum Gasteiger partial charge on any atom is -0.280 e. The zero-order valence-electron chi connectivity index (χ0n) is 14.3. The van der Waals surface area contributed by atoms with E-state index >= 15 is 0 Å².